The predicted octanol–water partition coefficient (Wildman–Crippen LogP) is 1.85. The summed E-state index contributed by atoms with van der Waals surface area (Å²) in [5.41, 5.74) is 0.821. The molecule has 1 fully saturated rings. The summed E-state index contributed by atoms with van der Waals surface area (Å²) in [5, 5.41) is 4.23. The van der Waals surface area contributed by atoms with Gasteiger partial charge in [-0.25, -0.2) is 9.50 Å². The lowest BCUT2D eigenvalue weighted by Gasteiger charge is -2.43. The molecule has 3 rings (SSSR count). The van der Waals surface area contributed by atoms with Crippen LogP contribution in [0, 0.1) is 6.92 Å². The van der Waals surface area contributed by atoms with Crippen molar-refractivity contribution in [3.63, 3.8) is 0 Å². The highest BCUT2D eigenvalue weighted by Crippen LogP contribution is 2.31. The SMILES string of the molecule is Cc1cnc2nc(C(=O)N(C)C3CC(OC(C)(C)C)C3)nn2c1. The van der Waals surface area contributed by atoms with Gasteiger partial charge in [0, 0.05) is 25.5 Å². The minimum atomic E-state index is -0.174. The summed E-state index contributed by atoms with van der Waals surface area (Å²) in [6.45, 7) is 8.06. The molecule has 0 atom stereocenters. The van der Waals surface area contributed by atoms with E-state index in [1.807, 2.05) is 33.9 Å². The largest absolute Gasteiger partial charge is 0.372 e. The predicted molar refractivity (Wildman–Crippen MR) is 85.3 cm³/mol. The van der Waals surface area contributed by atoms with Gasteiger partial charge in [0.25, 0.3) is 11.7 Å². The van der Waals surface area contributed by atoms with Crippen LogP contribution in [-0.2, 0) is 4.74 Å². The van der Waals surface area contributed by atoms with Gasteiger partial charge in [0.05, 0.1) is 11.7 Å². The van der Waals surface area contributed by atoms with Crippen LogP contribution in [0.3, 0.4) is 0 Å². The Hall–Kier alpha value is -2.02. The lowest BCUT2D eigenvalue weighted by molar-refractivity contribution is -0.113. The van der Waals surface area contributed by atoms with Gasteiger partial charge in [0.1, 0.15) is 0 Å². The molecule has 0 aromatic carbocycles. The number of ether oxygens (including phenoxy) is 1. The number of hydrogen-bond acceptors (Lipinski definition) is 5. The highest BCUT2D eigenvalue weighted by Gasteiger charge is 2.38. The molecule has 1 saturated carbocycles. The molecule has 7 heteroatoms. The van der Waals surface area contributed by atoms with Crippen molar-refractivity contribution in [2.45, 2.75) is 58.3 Å². The Kier molecular flexibility index (Phi) is 3.83. The Balaban J connectivity index is 1.66. The highest BCUT2D eigenvalue weighted by atomic mass is 16.5. The first-order chi connectivity index (χ1) is 10.7. The van der Waals surface area contributed by atoms with Gasteiger partial charge in [0.2, 0.25) is 5.82 Å². The number of amides is 1. The standard InChI is InChI=1S/C16H23N5O2/c1-10-8-17-15-18-13(19-21(15)9-10)14(22)20(5)11-6-12(7-11)23-16(2,3)4/h8-9,11-12H,6-7H2,1-5H3. The Bertz CT molecular complexity index is 728. The third-order valence-corrected chi connectivity index (χ3v) is 3.97. The smallest absolute Gasteiger partial charge is 0.293 e. The molecule has 1 aliphatic rings. The third-order valence-electron chi connectivity index (χ3n) is 3.97. The molecule has 124 valence electrons. The molecule has 2 aromatic heterocycles. The van der Waals surface area contributed by atoms with Gasteiger partial charge >= 0.3 is 0 Å². The van der Waals surface area contributed by atoms with E-state index in [0.717, 1.165) is 18.4 Å². The Morgan fingerprint density at radius 2 is 2.09 bits per heavy atom. The number of rotatable bonds is 3. The number of hydrogen-bond donors (Lipinski definition) is 0. The summed E-state index contributed by atoms with van der Waals surface area (Å²) in [7, 11) is 1.80. The zero-order valence-corrected chi connectivity index (χ0v) is 14.3. The Morgan fingerprint density at radius 1 is 1.39 bits per heavy atom. The minimum Gasteiger partial charge on any atom is -0.372 e. The summed E-state index contributed by atoms with van der Waals surface area (Å²) < 4.78 is 7.46. The van der Waals surface area contributed by atoms with Crippen LogP contribution in [0.2, 0.25) is 0 Å². The second kappa shape index (κ2) is 5.56. The lowest BCUT2D eigenvalue weighted by Crippen LogP contribution is -2.50. The van der Waals surface area contributed by atoms with Crippen LogP contribution in [0.1, 0.15) is 49.8 Å². The van der Waals surface area contributed by atoms with E-state index in [1.165, 1.54) is 0 Å². The number of nitrogens with zero attached hydrogens (tertiary/aromatic N) is 5. The maximum Gasteiger partial charge on any atom is 0.293 e. The van der Waals surface area contributed by atoms with Gasteiger partial charge in [-0.2, -0.15) is 4.98 Å². The molecule has 0 aliphatic heterocycles. The van der Waals surface area contributed by atoms with Crippen molar-refractivity contribution < 1.29 is 9.53 Å². The fourth-order valence-electron chi connectivity index (χ4n) is 2.74. The average Bonchev–Trinajstić information content (AvgIpc) is 2.82. The number of aryl methyl sites for hydroxylation is 1. The van der Waals surface area contributed by atoms with Crippen LogP contribution in [0.5, 0.6) is 0 Å². The van der Waals surface area contributed by atoms with Crippen LogP contribution in [0.25, 0.3) is 5.78 Å². The summed E-state index contributed by atoms with van der Waals surface area (Å²) in [6.07, 6.45) is 5.44. The van der Waals surface area contributed by atoms with E-state index in [-0.39, 0.29) is 29.5 Å². The number of carbonyl (C=O) groups excluding carboxylic acids is 1. The first-order valence-electron chi connectivity index (χ1n) is 7.87. The summed E-state index contributed by atoms with van der Waals surface area (Å²) in [6, 6.07) is 0.177. The zero-order chi connectivity index (χ0) is 16.8. The van der Waals surface area contributed by atoms with Crippen LogP contribution in [0.4, 0.5) is 0 Å². The summed E-state index contributed by atoms with van der Waals surface area (Å²) in [4.78, 5) is 22.6. The second-order valence-electron chi connectivity index (χ2n) is 7.20. The first-order valence-corrected chi connectivity index (χ1v) is 7.87. The number of carbonyl (C=O) groups is 1. The average molecular weight is 317 g/mol. The quantitative estimate of drug-likeness (QED) is 0.864. The molecule has 0 saturated heterocycles. The highest BCUT2D eigenvalue weighted by molar-refractivity contribution is 5.91. The Labute approximate surface area is 135 Å². The van der Waals surface area contributed by atoms with Crippen molar-refractivity contribution in [1.82, 2.24) is 24.5 Å². The molecule has 0 unspecified atom stereocenters. The van der Waals surface area contributed by atoms with Crippen molar-refractivity contribution in [3.8, 4) is 0 Å². The number of aromatic nitrogens is 4. The van der Waals surface area contributed by atoms with Crippen molar-refractivity contribution in [1.29, 1.82) is 0 Å². The van der Waals surface area contributed by atoms with Crippen LogP contribution < -0.4 is 0 Å². The molecule has 2 heterocycles. The topological polar surface area (TPSA) is 72.6 Å². The fraction of sp³-hybridized carbons (Fsp3) is 0.625. The monoisotopic (exact) mass is 317 g/mol. The lowest BCUT2D eigenvalue weighted by atomic mass is 9.87. The molecule has 1 amide bonds. The second-order valence-corrected chi connectivity index (χ2v) is 7.20. The van der Waals surface area contributed by atoms with E-state index >= 15 is 0 Å². The third kappa shape index (κ3) is 3.34. The van der Waals surface area contributed by atoms with Crippen LogP contribution in [0.15, 0.2) is 12.4 Å². The van der Waals surface area contributed by atoms with E-state index in [1.54, 1.807) is 22.7 Å². The van der Waals surface area contributed by atoms with Crippen LogP contribution >= 0.6 is 0 Å². The van der Waals surface area contributed by atoms with Gasteiger partial charge in [-0.1, -0.05) is 0 Å². The van der Waals surface area contributed by atoms with E-state index in [2.05, 4.69) is 15.1 Å². The minimum absolute atomic E-state index is 0.148. The molecule has 2 aromatic rings. The molecule has 0 spiro atoms. The zero-order valence-electron chi connectivity index (χ0n) is 14.3. The van der Waals surface area contributed by atoms with Crippen molar-refractivity contribution in [2.75, 3.05) is 7.05 Å². The van der Waals surface area contributed by atoms with E-state index < -0.39 is 0 Å². The number of fused-ring (bicyclic) bond motifs is 1. The van der Waals surface area contributed by atoms with E-state index in [9.17, 15) is 4.79 Å². The van der Waals surface area contributed by atoms with Gasteiger partial charge in [-0.15, -0.1) is 5.10 Å². The first kappa shape index (κ1) is 15.9. The molecule has 23 heavy (non-hydrogen) atoms. The van der Waals surface area contributed by atoms with Gasteiger partial charge in [-0.3, -0.25) is 4.79 Å². The molecule has 0 radical (unpaired) electrons. The maximum atomic E-state index is 12.5. The van der Waals surface area contributed by atoms with Gasteiger partial charge in [0.15, 0.2) is 0 Å². The van der Waals surface area contributed by atoms with Crippen molar-refractivity contribution in [3.05, 3.63) is 23.8 Å². The van der Waals surface area contributed by atoms with E-state index in [0.29, 0.717) is 5.78 Å². The molecular formula is C16H23N5O2. The van der Waals surface area contributed by atoms with Gasteiger partial charge in [-0.05, 0) is 46.1 Å². The molecular weight excluding hydrogens is 294 g/mol. The summed E-state index contributed by atoms with van der Waals surface area (Å²) >= 11 is 0. The Morgan fingerprint density at radius 3 is 2.74 bits per heavy atom. The molecule has 7 nitrogen and oxygen atoms in total. The van der Waals surface area contributed by atoms with E-state index in [4.69, 9.17) is 4.74 Å². The van der Waals surface area contributed by atoms with Gasteiger partial charge < -0.3 is 9.64 Å². The molecule has 0 bridgehead atoms. The van der Waals surface area contributed by atoms with Crippen LogP contribution in [-0.4, -0.2) is 55.2 Å². The summed E-state index contributed by atoms with van der Waals surface area (Å²) in [5.74, 6) is 0.452. The maximum absolute atomic E-state index is 12.5. The normalized spacial score (nSPS) is 21.3. The molecule has 1 aliphatic carbocycles. The van der Waals surface area contributed by atoms with Crippen molar-refractivity contribution in [2.24, 2.45) is 0 Å². The molecule has 0 N–H and O–H groups in total. The fourth-order valence-corrected chi connectivity index (χ4v) is 2.74. The van der Waals surface area contributed by atoms with Crippen molar-refractivity contribution >= 4 is 11.7 Å².